The highest BCUT2D eigenvalue weighted by Crippen LogP contribution is 2.35. The summed E-state index contributed by atoms with van der Waals surface area (Å²) in [5, 5.41) is 0.537. The summed E-state index contributed by atoms with van der Waals surface area (Å²) in [5.74, 6) is -0.620. The van der Waals surface area contributed by atoms with E-state index in [4.69, 9.17) is 27.9 Å². The highest BCUT2D eigenvalue weighted by Gasteiger charge is 2.41. The van der Waals surface area contributed by atoms with Crippen LogP contribution in [0.3, 0.4) is 0 Å². The van der Waals surface area contributed by atoms with Crippen molar-refractivity contribution in [3.8, 4) is 5.75 Å². The predicted molar refractivity (Wildman–Crippen MR) is 124 cm³/mol. The maximum Gasteiger partial charge on any atom is 0.328 e. The molecule has 2 aromatic rings. The molecular weight excluding hydrogens is 529 g/mol. The van der Waals surface area contributed by atoms with Crippen molar-refractivity contribution in [2.75, 3.05) is 7.11 Å². The minimum atomic E-state index is -0.995. The molecule has 2 amide bonds. The van der Waals surface area contributed by atoms with Gasteiger partial charge in [0.05, 0.1) is 16.5 Å². The predicted octanol–water partition coefficient (Wildman–Crippen LogP) is 5.93. The monoisotopic (exact) mass is 543 g/mol. The van der Waals surface area contributed by atoms with E-state index in [0.29, 0.717) is 25.8 Å². The molecule has 3 rings (SSSR count). The van der Waals surface area contributed by atoms with Crippen molar-refractivity contribution in [2.45, 2.75) is 19.6 Å². The first-order valence-corrected chi connectivity index (χ1v) is 11.3. The van der Waals surface area contributed by atoms with Gasteiger partial charge in [0.2, 0.25) is 0 Å². The number of hydrogen-bond donors (Lipinski definition) is 0. The Morgan fingerprint density at radius 2 is 1.97 bits per heavy atom. The summed E-state index contributed by atoms with van der Waals surface area (Å²) in [5.41, 5.74) is 1.47. The first kappa shape index (κ1) is 23.7. The van der Waals surface area contributed by atoms with Gasteiger partial charge < -0.3 is 9.47 Å². The Bertz CT molecular complexity index is 1090. The molecule has 0 saturated carbocycles. The zero-order valence-corrected chi connectivity index (χ0v) is 20.3. The molecule has 1 aliphatic rings. The van der Waals surface area contributed by atoms with Gasteiger partial charge in [0.25, 0.3) is 11.1 Å². The summed E-state index contributed by atoms with van der Waals surface area (Å²) in [7, 11) is 1.20. The second kappa shape index (κ2) is 10.1. The van der Waals surface area contributed by atoms with Crippen LogP contribution in [0.5, 0.6) is 5.75 Å². The molecule has 0 aliphatic carbocycles. The summed E-state index contributed by atoms with van der Waals surface area (Å²) in [4.78, 5) is 37.6. The van der Waals surface area contributed by atoms with Crippen molar-refractivity contribution >= 4 is 74.1 Å². The average Bonchev–Trinajstić information content (AvgIpc) is 3.00. The van der Waals surface area contributed by atoms with Crippen molar-refractivity contribution < 1.29 is 23.9 Å². The van der Waals surface area contributed by atoms with Gasteiger partial charge in [-0.05, 0) is 70.5 Å². The van der Waals surface area contributed by atoms with Crippen LogP contribution in [-0.4, -0.2) is 35.2 Å². The van der Waals surface area contributed by atoms with Crippen molar-refractivity contribution in [1.82, 2.24) is 4.90 Å². The van der Waals surface area contributed by atoms with E-state index in [1.807, 2.05) is 0 Å². The van der Waals surface area contributed by atoms with E-state index in [0.717, 1.165) is 22.2 Å². The lowest BCUT2D eigenvalue weighted by Crippen LogP contribution is -2.42. The lowest BCUT2D eigenvalue weighted by Gasteiger charge is -2.18. The smallest absolute Gasteiger partial charge is 0.328 e. The number of thioether (sulfide) groups is 1. The lowest BCUT2D eigenvalue weighted by molar-refractivity contribution is -0.148. The van der Waals surface area contributed by atoms with Crippen LogP contribution in [0.25, 0.3) is 6.08 Å². The first-order chi connectivity index (χ1) is 14.7. The van der Waals surface area contributed by atoms with Crippen LogP contribution in [0.4, 0.5) is 4.79 Å². The second-order valence-electron chi connectivity index (χ2n) is 6.47. The molecule has 0 unspecified atom stereocenters. The zero-order valence-electron chi connectivity index (χ0n) is 16.4. The number of amides is 2. The van der Waals surface area contributed by atoms with Gasteiger partial charge in [0, 0.05) is 15.6 Å². The zero-order chi connectivity index (χ0) is 22.7. The van der Waals surface area contributed by atoms with E-state index in [2.05, 4.69) is 20.7 Å². The number of ether oxygens (including phenoxy) is 2. The van der Waals surface area contributed by atoms with Gasteiger partial charge in [-0.1, -0.05) is 35.3 Å². The van der Waals surface area contributed by atoms with Crippen LogP contribution in [0.2, 0.25) is 10.0 Å². The number of halogens is 3. The fourth-order valence-electron chi connectivity index (χ4n) is 2.76. The van der Waals surface area contributed by atoms with E-state index >= 15 is 0 Å². The lowest BCUT2D eigenvalue weighted by atomic mass is 10.2. The van der Waals surface area contributed by atoms with Gasteiger partial charge in [0.1, 0.15) is 18.4 Å². The number of rotatable bonds is 6. The SMILES string of the molecule is COC(=O)[C@H](C)N1C(=O)S/C(=C/c2ccc(OCc3ccc(Cl)cc3Cl)c(Br)c2)C1=O. The van der Waals surface area contributed by atoms with E-state index in [1.165, 1.54) is 14.0 Å². The van der Waals surface area contributed by atoms with Crippen molar-refractivity contribution in [3.63, 3.8) is 0 Å². The van der Waals surface area contributed by atoms with Gasteiger partial charge in [0.15, 0.2) is 0 Å². The fourth-order valence-corrected chi connectivity index (χ4v) is 4.64. The van der Waals surface area contributed by atoms with E-state index < -0.39 is 23.2 Å². The highest BCUT2D eigenvalue weighted by molar-refractivity contribution is 9.10. The van der Waals surface area contributed by atoms with Crippen LogP contribution in [0.1, 0.15) is 18.1 Å². The van der Waals surface area contributed by atoms with Gasteiger partial charge in [-0.3, -0.25) is 14.5 Å². The Morgan fingerprint density at radius 3 is 2.61 bits per heavy atom. The van der Waals surface area contributed by atoms with Gasteiger partial charge in [-0.25, -0.2) is 4.79 Å². The van der Waals surface area contributed by atoms with Crippen LogP contribution in [-0.2, 0) is 20.9 Å². The molecular formula is C21H16BrCl2NO5S. The largest absolute Gasteiger partial charge is 0.488 e. The number of carbonyl (C=O) groups excluding carboxylic acids is 3. The standard InChI is InChI=1S/C21H16BrCl2NO5S/c1-11(20(27)29-2)25-19(26)18(31-21(25)28)8-12-3-6-17(15(22)7-12)30-10-13-4-5-14(23)9-16(13)24/h3-9,11H,10H2,1-2H3/b18-8+/t11-/m0/s1. The Kier molecular flexibility index (Phi) is 7.69. The van der Waals surface area contributed by atoms with Crippen LogP contribution < -0.4 is 4.74 Å². The molecule has 0 bridgehead atoms. The number of nitrogens with zero attached hydrogens (tertiary/aromatic N) is 1. The maximum absolute atomic E-state index is 12.6. The Morgan fingerprint density at radius 1 is 1.23 bits per heavy atom. The number of esters is 1. The molecule has 1 atom stereocenters. The molecule has 31 heavy (non-hydrogen) atoms. The van der Waals surface area contributed by atoms with Gasteiger partial charge in [-0.15, -0.1) is 0 Å². The minimum Gasteiger partial charge on any atom is -0.488 e. The van der Waals surface area contributed by atoms with E-state index in [9.17, 15) is 14.4 Å². The number of benzene rings is 2. The molecule has 1 saturated heterocycles. The summed E-state index contributed by atoms with van der Waals surface area (Å²) in [6.07, 6.45) is 1.58. The Labute approximate surface area is 201 Å². The molecule has 0 aromatic heterocycles. The third-order valence-corrected chi connectivity index (χ3v) is 6.50. The summed E-state index contributed by atoms with van der Waals surface area (Å²) in [6, 6.07) is 9.43. The van der Waals surface area contributed by atoms with E-state index in [1.54, 1.807) is 42.5 Å². The summed E-state index contributed by atoms with van der Waals surface area (Å²) in [6.45, 7) is 1.69. The van der Waals surface area contributed by atoms with Crippen LogP contribution in [0.15, 0.2) is 45.8 Å². The van der Waals surface area contributed by atoms with Crippen molar-refractivity contribution in [1.29, 1.82) is 0 Å². The molecule has 1 fully saturated rings. The number of methoxy groups -OCH3 is 1. The van der Waals surface area contributed by atoms with Crippen LogP contribution >= 0.6 is 50.9 Å². The summed E-state index contributed by atoms with van der Waals surface area (Å²) < 4.78 is 11.1. The Hall–Kier alpha value is -2.00. The molecule has 1 heterocycles. The van der Waals surface area contributed by atoms with E-state index in [-0.39, 0.29) is 11.5 Å². The first-order valence-electron chi connectivity index (χ1n) is 8.92. The topological polar surface area (TPSA) is 72.9 Å². The quantitative estimate of drug-likeness (QED) is 0.331. The molecule has 0 radical (unpaired) electrons. The molecule has 2 aromatic carbocycles. The molecule has 0 spiro atoms. The maximum atomic E-state index is 12.6. The molecule has 10 heteroatoms. The third kappa shape index (κ3) is 5.44. The number of imide groups is 1. The fraction of sp³-hybridized carbons (Fsp3) is 0.190. The third-order valence-electron chi connectivity index (χ3n) is 4.41. The molecule has 6 nitrogen and oxygen atoms in total. The normalized spacial score (nSPS) is 16.0. The van der Waals surface area contributed by atoms with Crippen LogP contribution in [0, 0.1) is 0 Å². The second-order valence-corrected chi connectivity index (χ2v) is 9.16. The van der Waals surface area contributed by atoms with Crippen molar-refractivity contribution in [3.05, 3.63) is 66.9 Å². The minimum absolute atomic E-state index is 0.217. The van der Waals surface area contributed by atoms with Gasteiger partial charge >= 0.3 is 5.97 Å². The summed E-state index contributed by atoms with van der Waals surface area (Å²) >= 11 is 16.3. The average molecular weight is 545 g/mol. The highest BCUT2D eigenvalue weighted by atomic mass is 79.9. The Balaban J connectivity index is 1.74. The molecule has 1 aliphatic heterocycles. The molecule has 162 valence electrons. The number of carbonyl (C=O) groups is 3. The number of hydrogen-bond acceptors (Lipinski definition) is 6. The molecule has 0 N–H and O–H groups in total. The van der Waals surface area contributed by atoms with Gasteiger partial charge in [-0.2, -0.15) is 0 Å². The van der Waals surface area contributed by atoms with Crippen molar-refractivity contribution in [2.24, 2.45) is 0 Å².